The number of nitrogens with one attached hydrogen (secondary N) is 1. The lowest BCUT2D eigenvalue weighted by Gasteiger charge is -2.21. The first-order valence-corrected chi connectivity index (χ1v) is 9.75. The molecule has 0 aliphatic carbocycles. The quantitative estimate of drug-likeness (QED) is 0.909. The van der Waals surface area contributed by atoms with Gasteiger partial charge in [0.15, 0.2) is 0 Å². The number of hydrogen-bond acceptors (Lipinski definition) is 3. The molecule has 0 spiro atoms. The average Bonchev–Trinajstić information content (AvgIpc) is 2.87. The third kappa shape index (κ3) is 3.66. The SMILES string of the molecule is CC1Cc2cc(C(=O)NCc3cccc(F)c3)ccc2N1S(C)(=O)=O. The maximum absolute atomic E-state index is 13.2. The minimum Gasteiger partial charge on any atom is -0.348 e. The Hall–Kier alpha value is -2.41. The number of benzene rings is 2. The summed E-state index contributed by atoms with van der Waals surface area (Å²) >= 11 is 0. The Morgan fingerprint density at radius 1 is 1.28 bits per heavy atom. The monoisotopic (exact) mass is 362 g/mol. The smallest absolute Gasteiger partial charge is 0.251 e. The molecular formula is C18H19FN2O3S. The molecule has 132 valence electrons. The number of sulfonamides is 1. The van der Waals surface area contributed by atoms with E-state index in [1.165, 1.54) is 22.7 Å². The zero-order valence-electron chi connectivity index (χ0n) is 14.0. The summed E-state index contributed by atoms with van der Waals surface area (Å²) in [6, 6.07) is 10.9. The Morgan fingerprint density at radius 2 is 2.04 bits per heavy atom. The summed E-state index contributed by atoms with van der Waals surface area (Å²) in [5.74, 6) is -0.628. The predicted octanol–water partition coefficient (Wildman–Crippen LogP) is 2.47. The van der Waals surface area contributed by atoms with Gasteiger partial charge in [-0.05, 0) is 54.8 Å². The van der Waals surface area contributed by atoms with Crippen molar-refractivity contribution in [3.8, 4) is 0 Å². The molecule has 0 aromatic heterocycles. The standard InChI is InChI=1S/C18H19FN2O3S/c1-12-8-15-10-14(6-7-17(15)21(12)25(2,23)24)18(22)20-11-13-4-3-5-16(19)9-13/h3-7,9-10,12H,8,11H2,1-2H3,(H,20,22). The lowest BCUT2D eigenvalue weighted by atomic mass is 10.1. The van der Waals surface area contributed by atoms with Gasteiger partial charge >= 0.3 is 0 Å². The summed E-state index contributed by atoms with van der Waals surface area (Å²) in [6.07, 6.45) is 1.74. The van der Waals surface area contributed by atoms with Crippen LogP contribution in [0.5, 0.6) is 0 Å². The highest BCUT2D eigenvalue weighted by atomic mass is 32.2. The maximum atomic E-state index is 13.2. The molecule has 1 atom stereocenters. The molecule has 1 aliphatic rings. The Balaban J connectivity index is 1.76. The van der Waals surface area contributed by atoms with E-state index in [9.17, 15) is 17.6 Å². The van der Waals surface area contributed by atoms with Gasteiger partial charge < -0.3 is 5.32 Å². The van der Waals surface area contributed by atoms with E-state index in [2.05, 4.69) is 5.32 Å². The molecule has 2 aromatic carbocycles. The molecule has 1 N–H and O–H groups in total. The van der Waals surface area contributed by atoms with E-state index >= 15 is 0 Å². The van der Waals surface area contributed by atoms with E-state index in [-0.39, 0.29) is 24.3 Å². The van der Waals surface area contributed by atoms with Crippen molar-refractivity contribution in [3.63, 3.8) is 0 Å². The molecule has 1 aliphatic heterocycles. The van der Waals surface area contributed by atoms with E-state index in [0.29, 0.717) is 23.2 Å². The fraction of sp³-hybridized carbons (Fsp3) is 0.278. The first-order valence-electron chi connectivity index (χ1n) is 7.90. The highest BCUT2D eigenvalue weighted by Crippen LogP contribution is 2.34. The lowest BCUT2D eigenvalue weighted by molar-refractivity contribution is 0.0950. The first kappa shape index (κ1) is 17.4. The third-order valence-electron chi connectivity index (χ3n) is 4.19. The highest BCUT2D eigenvalue weighted by molar-refractivity contribution is 7.92. The number of carbonyl (C=O) groups excluding carboxylic acids is 1. The Kier molecular flexibility index (Phi) is 4.51. The molecule has 3 rings (SSSR count). The van der Waals surface area contributed by atoms with E-state index in [0.717, 1.165) is 5.56 Å². The minimum atomic E-state index is -3.35. The van der Waals surface area contributed by atoms with Crippen molar-refractivity contribution in [3.05, 3.63) is 65.0 Å². The highest BCUT2D eigenvalue weighted by Gasteiger charge is 2.32. The van der Waals surface area contributed by atoms with Gasteiger partial charge in [-0.1, -0.05) is 12.1 Å². The van der Waals surface area contributed by atoms with Gasteiger partial charge in [-0.25, -0.2) is 12.8 Å². The Bertz CT molecular complexity index is 928. The number of amides is 1. The van der Waals surface area contributed by atoms with Crippen LogP contribution < -0.4 is 9.62 Å². The molecule has 1 heterocycles. The molecule has 25 heavy (non-hydrogen) atoms. The van der Waals surface area contributed by atoms with E-state index in [1.807, 2.05) is 6.92 Å². The van der Waals surface area contributed by atoms with Crippen molar-refractivity contribution in [2.24, 2.45) is 0 Å². The average molecular weight is 362 g/mol. The molecule has 0 fully saturated rings. The number of halogens is 1. The molecule has 0 radical (unpaired) electrons. The maximum Gasteiger partial charge on any atom is 0.251 e. The van der Waals surface area contributed by atoms with Crippen LogP contribution in [0, 0.1) is 5.82 Å². The molecule has 1 unspecified atom stereocenters. The van der Waals surface area contributed by atoms with E-state index in [4.69, 9.17) is 0 Å². The van der Waals surface area contributed by atoms with E-state index in [1.54, 1.807) is 30.3 Å². The minimum absolute atomic E-state index is 0.171. The summed E-state index contributed by atoms with van der Waals surface area (Å²) < 4.78 is 38.4. The van der Waals surface area contributed by atoms with Gasteiger partial charge in [-0.15, -0.1) is 0 Å². The zero-order chi connectivity index (χ0) is 18.2. The number of anilines is 1. The van der Waals surface area contributed by atoms with Crippen LogP contribution in [0.3, 0.4) is 0 Å². The fourth-order valence-corrected chi connectivity index (χ4v) is 4.44. The molecule has 1 amide bonds. The van der Waals surface area contributed by atoms with Crippen LogP contribution in [0.15, 0.2) is 42.5 Å². The number of hydrogen-bond donors (Lipinski definition) is 1. The predicted molar refractivity (Wildman–Crippen MR) is 94.5 cm³/mol. The van der Waals surface area contributed by atoms with Crippen LogP contribution in [-0.2, 0) is 23.0 Å². The Morgan fingerprint density at radius 3 is 2.72 bits per heavy atom. The van der Waals surface area contributed by atoms with Crippen molar-refractivity contribution in [2.45, 2.75) is 25.9 Å². The van der Waals surface area contributed by atoms with Crippen LogP contribution >= 0.6 is 0 Å². The summed E-state index contributed by atoms with van der Waals surface area (Å²) in [7, 11) is -3.35. The van der Waals surface area contributed by atoms with Crippen molar-refractivity contribution in [2.75, 3.05) is 10.6 Å². The number of rotatable bonds is 4. The van der Waals surface area contributed by atoms with Gasteiger partial charge in [0.25, 0.3) is 5.91 Å². The van der Waals surface area contributed by atoms with Crippen LogP contribution in [0.1, 0.15) is 28.4 Å². The summed E-state index contributed by atoms with van der Waals surface area (Å²) in [6.45, 7) is 2.06. The second-order valence-corrected chi connectivity index (χ2v) is 8.13. The second-order valence-electron chi connectivity index (χ2n) is 6.27. The molecule has 7 heteroatoms. The zero-order valence-corrected chi connectivity index (χ0v) is 14.8. The van der Waals surface area contributed by atoms with Crippen LogP contribution in [0.2, 0.25) is 0 Å². The molecule has 0 bridgehead atoms. The second kappa shape index (κ2) is 6.48. The fourth-order valence-electron chi connectivity index (χ4n) is 3.18. The van der Waals surface area contributed by atoms with E-state index < -0.39 is 10.0 Å². The molecule has 2 aromatic rings. The summed E-state index contributed by atoms with van der Waals surface area (Å²) in [4.78, 5) is 12.3. The molecule has 0 saturated carbocycles. The van der Waals surface area contributed by atoms with Gasteiger partial charge in [0.1, 0.15) is 5.82 Å². The van der Waals surface area contributed by atoms with Crippen molar-refractivity contribution < 1.29 is 17.6 Å². The van der Waals surface area contributed by atoms with Gasteiger partial charge in [0, 0.05) is 18.2 Å². The summed E-state index contributed by atoms with van der Waals surface area (Å²) in [5, 5.41) is 2.75. The molecule has 5 nitrogen and oxygen atoms in total. The normalized spacial score (nSPS) is 16.6. The number of fused-ring (bicyclic) bond motifs is 1. The lowest BCUT2D eigenvalue weighted by Crippen LogP contribution is -2.34. The van der Waals surface area contributed by atoms with Crippen molar-refractivity contribution in [1.82, 2.24) is 5.32 Å². The third-order valence-corrected chi connectivity index (χ3v) is 5.47. The van der Waals surface area contributed by atoms with Gasteiger partial charge in [0.05, 0.1) is 11.9 Å². The molecular weight excluding hydrogens is 343 g/mol. The first-order chi connectivity index (χ1) is 11.8. The number of nitrogens with zero attached hydrogens (tertiary/aromatic N) is 1. The summed E-state index contributed by atoms with van der Waals surface area (Å²) in [5.41, 5.74) is 2.58. The van der Waals surface area contributed by atoms with Gasteiger partial charge in [-0.3, -0.25) is 9.10 Å². The van der Waals surface area contributed by atoms with Crippen molar-refractivity contribution >= 4 is 21.6 Å². The van der Waals surface area contributed by atoms with Crippen molar-refractivity contribution in [1.29, 1.82) is 0 Å². The topological polar surface area (TPSA) is 66.5 Å². The van der Waals surface area contributed by atoms with Crippen LogP contribution in [-0.4, -0.2) is 26.6 Å². The van der Waals surface area contributed by atoms with Crippen LogP contribution in [0.25, 0.3) is 0 Å². The van der Waals surface area contributed by atoms with Gasteiger partial charge in [0.2, 0.25) is 10.0 Å². The molecule has 0 saturated heterocycles. The van der Waals surface area contributed by atoms with Crippen LogP contribution in [0.4, 0.5) is 10.1 Å². The van der Waals surface area contributed by atoms with Gasteiger partial charge in [-0.2, -0.15) is 0 Å². The largest absolute Gasteiger partial charge is 0.348 e. The number of carbonyl (C=O) groups is 1. The Labute approximate surface area is 146 Å².